The molecule has 19 heavy (non-hydrogen) atoms. The summed E-state index contributed by atoms with van der Waals surface area (Å²) >= 11 is 5.42. The van der Waals surface area contributed by atoms with Gasteiger partial charge in [-0.25, -0.2) is 0 Å². The first-order chi connectivity index (χ1) is 9.20. The third kappa shape index (κ3) is 3.77. The van der Waals surface area contributed by atoms with Gasteiger partial charge < -0.3 is 10.2 Å². The number of thiocarbonyl (C=S) groups is 1. The zero-order chi connectivity index (χ0) is 13.7. The fraction of sp³-hybridized carbons (Fsp3) is 0.467. The smallest absolute Gasteiger partial charge is 0.173 e. The van der Waals surface area contributed by atoms with Crippen LogP contribution in [0.25, 0.3) is 0 Å². The van der Waals surface area contributed by atoms with Gasteiger partial charge in [0.1, 0.15) is 5.78 Å². The predicted molar refractivity (Wildman–Crippen MR) is 82.3 cm³/mol. The van der Waals surface area contributed by atoms with Crippen LogP contribution in [0.5, 0.6) is 0 Å². The molecule has 1 fully saturated rings. The van der Waals surface area contributed by atoms with Gasteiger partial charge in [0.15, 0.2) is 5.11 Å². The lowest BCUT2D eigenvalue weighted by atomic mass is 9.91. The zero-order valence-corrected chi connectivity index (χ0v) is 12.1. The fourth-order valence-electron chi connectivity index (χ4n) is 2.42. The van der Waals surface area contributed by atoms with Crippen LogP contribution in [-0.4, -0.2) is 28.9 Å². The number of anilines is 1. The molecule has 0 aliphatic carbocycles. The van der Waals surface area contributed by atoms with Crippen molar-refractivity contribution in [3.63, 3.8) is 0 Å². The van der Waals surface area contributed by atoms with E-state index in [1.807, 2.05) is 37.3 Å². The van der Waals surface area contributed by atoms with E-state index in [0.717, 1.165) is 36.7 Å². The van der Waals surface area contributed by atoms with Crippen molar-refractivity contribution in [2.24, 2.45) is 5.92 Å². The molecule has 0 unspecified atom stereocenters. The van der Waals surface area contributed by atoms with Gasteiger partial charge in [0.05, 0.1) is 0 Å². The summed E-state index contributed by atoms with van der Waals surface area (Å²) < 4.78 is 0. The van der Waals surface area contributed by atoms with Gasteiger partial charge in [0.25, 0.3) is 0 Å². The van der Waals surface area contributed by atoms with Crippen LogP contribution >= 0.6 is 12.2 Å². The fourth-order valence-corrected chi connectivity index (χ4v) is 2.72. The Morgan fingerprint density at radius 2 is 1.95 bits per heavy atom. The van der Waals surface area contributed by atoms with Crippen molar-refractivity contribution in [1.29, 1.82) is 0 Å². The molecule has 1 heterocycles. The van der Waals surface area contributed by atoms with Crippen LogP contribution in [0.3, 0.4) is 0 Å². The van der Waals surface area contributed by atoms with E-state index in [-0.39, 0.29) is 5.92 Å². The lowest BCUT2D eigenvalue weighted by Gasteiger charge is -2.33. The number of para-hydroxylation sites is 1. The summed E-state index contributed by atoms with van der Waals surface area (Å²) in [6.45, 7) is 3.68. The SMILES string of the molecule is CCC(=O)C1CCN(C(=S)Nc2ccccc2)CC1. The van der Waals surface area contributed by atoms with Crippen LogP contribution in [0, 0.1) is 5.92 Å². The number of hydrogen-bond donors (Lipinski definition) is 1. The molecule has 2 rings (SSSR count). The van der Waals surface area contributed by atoms with Crippen LogP contribution in [-0.2, 0) is 4.79 Å². The number of rotatable bonds is 3. The van der Waals surface area contributed by atoms with Crippen LogP contribution < -0.4 is 5.32 Å². The highest BCUT2D eigenvalue weighted by Gasteiger charge is 2.24. The summed E-state index contributed by atoms with van der Waals surface area (Å²) in [7, 11) is 0. The molecule has 0 saturated carbocycles. The second-order valence-corrected chi connectivity index (χ2v) is 5.26. The normalized spacial score (nSPS) is 16.2. The van der Waals surface area contributed by atoms with E-state index in [9.17, 15) is 4.79 Å². The van der Waals surface area contributed by atoms with Gasteiger partial charge in [-0.15, -0.1) is 0 Å². The number of carbonyl (C=O) groups excluding carboxylic acids is 1. The van der Waals surface area contributed by atoms with Crippen molar-refractivity contribution >= 4 is 28.8 Å². The predicted octanol–water partition coefficient (Wildman–Crippen LogP) is 3.07. The molecule has 1 saturated heterocycles. The number of hydrogen-bond acceptors (Lipinski definition) is 2. The third-order valence-electron chi connectivity index (χ3n) is 3.61. The molecule has 102 valence electrons. The van der Waals surface area contributed by atoms with E-state index in [4.69, 9.17) is 12.2 Å². The third-order valence-corrected chi connectivity index (χ3v) is 3.97. The highest BCUT2D eigenvalue weighted by Crippen LogP contribution is 2.20. The van der Waals surface area contributed by atoms with Crippen molar-refractivity contribution in [2.75, 3.05) is 18.4 Å². The Kier molecular flexibility index (Phi) is 4.91. The minimum atomic E-state index is 0.237. The van der Waals surface area contributed by atoms with Crippen LogP contribution in [0.4, 0.5) is 5.69 Å². The quantitative estimate of drug-likeness (QED) is 0.860. The van der Waals surface area contributed by atoms with Crippen molar-refractivity contribution in [3.8, 4) is 0 Å². The first-order valence-electron chi connectivity index (χ1n) is 6.84. The molecule has 0 amide bonds. The van der Waals surface area contributed by atoms with E-state index >= 15 is 0 Å². The van der Waals surface area contributed by atoms with E-state index in [1.54, 1.807) is 0 Å². The number of carbonyl (C=O) groups is 1. The summed E-state index contributed by atoms with van der Waals surface area (Å²) in [6, 6.07) is 9.95. The minimum absolute atomic E-state index is 0.237. The van der Waals surface area contributed by atoms with Gasteiger partial charge in [0.2, 0.25) is 0 Å². The largest absolute Gasteiger partial charge is 0.349 e. The van der Waals surface area contributed by atoms with Crippen LogP contribution in [0.1, 0.15) is 26.2 Å². The molecule has 1 aliphatic rings. The summed E-state index contributed by atoms with van der Waals surface area (Å²) in [6.07, 6.45) is 2.49. The Labute approximate surface area is 120 Å². The molecule has 1 aliphatic heterocycles. The van der Waals surface area contributed by atoms with E-state index in [1.165, 1.54) is 0 Å². The molecule has 3 nitrogen and oxygen atoms in total. The highest BCUT2D eigenvalue weighted by molar-refractivity contribution is 7.80. The van der Waals surface area contributed by atoms with Gasteiger partial charge in [-0.2, -0.15) is 0 Å². The lowest BCUT2D eigenvalue weighted by molar-refractivity contribution is -0.123. The molecular formula is C15H20N2OS. The number of nitrogens with zero attached hydrogens (tertiary/aromatic N) is 1. The summed E-state index contributed by atoms with van der Waals surface area (Å²) in [5.41, 5.74) is 1.01. The maximum absolute atomic E-state index is 11.7. The Bertz CT molecular complexity index is 439. The first-order valence-corrected chi connectivity index (χ1v) is 7.25. The maximum Gasteiger partial charge on any atom is 0.173 e. The van der Waals surface area contributed by atoms with E-state index in [0.29, 0.717) is 12.2 Å². The molecule has 1 aromatic carbocycles. The van der Waals surface area contributed by atoms with Gasteiger partial charge >= 0.3 is 0 Å². The van der Waals surface area contributed by atoms with Crippen LogP contribution in [0.15, 0.2) is 30.3 Å². The topological polar surface area (TPSA) is 32.3 Å². The summed E-state index contributed by atoms with van der Waals surface area (Å²) in [4.78, 5) is 13.8. The van der Waals surface area contributed by atoms with Gasteiger partial charge in [-0.3, -0.25) is 4.79 Å². The van der Waals surface area contributed by atoms with Crippen LogP contribution in [0.2, 0.25) is 0 Å². The first kappa shape index (κ1) is 14.0. The highest BCUT2D eigenvalue weighted by atomic mass is 32.1. The van der Waals surface area contributed by atoms with Crippen molar-refractivity contribution in [2.45, 2.75) is 26.2 Å². The van der Waals surface area contributed by atoms with Gasteiger partial charge in [-0.05, 0) is 37.2 Å². The Hall–Kier alpha value is -1.42. The molecule has 0 aromatic heterocycles. The maximum atomic E-state index is 11.7. The van der Waals surface area contributed by atoms with E-state index in [2.05, 4.69) is 10.2 Å². The molecule has 0 radical (unpaired) electrons. The second-order valence-electron chi connectivity index (χ2n) is 4.88. The number of benzene rings is 1. The molecule has 1 aromatic rings. The lowest BCUT2D eigenvalue weighted by Crippen LogP contribution is -2.42. The second kappa shape index (κ2) is 6.66. The molecule has 0 spiro atoms. The van der Waals surface area contributed by atoms with Gasteiger partial charge in [0, 0.05) is 31.1 Å². The Balaban J connectivity index is 1.84. The zero-order valence-electron chi connectivity index (χ0n) is 11.3. The number of nitrogens with one attached hydrogen (secondary N) is 1. The van der Waals surface area contributed by atoms with Gasteiger partial charge in [-0.1, -0.05) is 25.1 Å². The Morgan fingerprint density at radius 1 is 1.32 bits per heavy atom. The average Bonchev–Trinajstić information content (AvgIpc) is 2.47. The summed E-state index contributed by atoms with van der Waals surface area (Å²) in [5, 5.41) is 4.00. The number of ketones is 1. The van der Waals surface area contributed by atoms with E-state index < -0.39 is 0 Å². The molecule has 0 bridgehead atoms. The molecule has 4 heteroatoms. The number of piperidine rings is 1. The minimum Gasteiger partial charge on any atom is -0.349 e. The molecule has 0 atom stereocenters. The summed E-state index contributed by atoms with van der Waals surface area (Å²) in [5.74, 6) is 0.627. The van der Waals surface area contributed by atoms with Crippen molar-refractivity contribution in [1.82, 2.24) is 4.90 Å². The monoisotopic (exact) mass is 276 g/mol. The standard InChI is InChI=1S/C15H20N2OS/c1-2-14(18)12-8-10-17(11-9-12)15(19)16-13-6-4-3-5-7-13/h3-7,12H,2,8-11H2,1H3,(H,16,19). The van der Waals surface area contributed by atoms with Crippen molar-refractivity contribution in [3.05, 3.63) is 30.3 Å². The number of Topliss-reactive ketones (excluding diaryl/α,β-unsaturated/α-hetero) is 1. The average molecular weight is 276 g/mol. The molecular weight excluding hydrogens is 256 g/mol. The van der Waals surface area contributed by atoms with Crippen molar-refractivity contribution < 1.29 is 4.79 Å². The molecule has 1 N–H and O–H groups in total. The number of likely N-dealkylation sites (tertiary alicyclic amines) is 1. The Morgan fingerprint density at radius 3 is 2.53 bits per heavy atom.